The van der Waals surface area contributed by atoms with E-state index >= 15 is 0 Å². The highest BCUT2D eigenvalue weighted by atomic mass is 16.5. The maximum atomic E-state index is 13.3. The lowest BCUT2D eigenvalue weighted by Crippen LogP contribution is -2.63. The molecule has 0 spiro atoms. The summed E-state index contributed by atoms with van der Waals surface area (Å²) in [6.07, 6.45) is 7.58. The Morgan fingerprint density at radius 2 is 1.83 bits per heavy atom. The van der Waals surface area contributed by atoms with Gasteiger partial charge in [0.25, 0.3) is 0 Å². The van der Waals surface area contributed by atoms with Crippen LogP contribution in [0, 0.1) is 28.1 Å². The number of hydrogen-bond donors (Lipinski definition) is 0. The Bertz CT molecular complexity index is 616. The minimum atomic E-state index is -0.519. The van der Waals surface area contributed by atoms with Crippen LogP contribution in [0.4, 0.5) is 0 Å². The zero-order valence-electron chi connectivity index (χ0n) is 14.8. The molecule has 0 aromatic carbocycles. The van der Waals surface area contributed by atoms with E-state index in [0.717, 1.165) is 18.4 Å². The first-order valence-electron chi connectivity index (χ1n) is 9.14. The monoisotopic (exact) mass is 316 g/mol. The number of Topliss-reactive ketones (excluding diaryl/α,β-unsaturated/α-hetero) is 1. The number of carbonyl (C=O) groups is 2. The summed E-state index contributed by atoms with van der Waals surface area (Å²) < 4.78 is 5.63. The second kappa shape index (κ2) is 4.49. The summed E-state index contributed by atoms with van der Waals surface area (Å²) in [6.45, 7) is 9.18. The fourth-order valence-electron chi connectivity index (χ4n) is 6.81. The number of ketones is 1. The van der Waals surface area contributed by atoms with E-state index in [2.05, 4.69) is 27.7 Å². The normalized spacial score (nSPS) is 48.0. The average molecular weight is 316 g/mol. The molecule has 4 aliphatic rings. The minimum Gasteiger partial charge on any atom is -0.454 e. The highest BCUT2D eigenvalue weighted by Gasteiger charge is 2.66. The Labute approximate surface area is 138 Å². The smallest absolute Gasteiger partial charge is 0.331 e. The molecule has 0 amide bonds. The van der Waals surface area contributed by atoms with Gasteiger partial charge in [0.05, 0.1) is 5.41 Å². The molecule has 3 aliphatic carbocycles. The summed E-state index contributed by atoms with van der Waals surface area (Å²) in [7, 11) is 0. The quantitative estimate of drug-likeness (QED) is 0.633. The summed E-state index contributed by atoms with van der Waals surface area (Å²) in [5.74, 6) is 0.854. The summed E-state index contributed by atoms with van der Waals surface area (Å²) in [5, 5.41) is 0. The Balaban J connectivity index is 1.80. The zero-order chi connectivity index (χ0) is 16.6. The molecule has 1 heterocycles. The van der Waals surface area contributed by atoms with E-state index in [1.54, 1.807) is 6.08 Å². The Hall–Kier alpha value is -1.12. The van der Waals surface area contributed by atoms with Gasteiger partial charge in [-0.05, 0) is 60.8 Å². The van der Waals surface area contributed by atoms with Crippen LogP contribution >= 0.6 is 0 Å². The minimum absolute atomic E-state index is 0.185. The van der Waals surface area contributed by atoms with Gasteiger partial charge in [-0.15, -0.1) is 0 Å². The van der Waals surface area contributed by atoms with Gasteiger partial charge in [-0.25, -0.2) is 4.79 Å². The lowest BCUT2D eigenvalue weighted by atomic mass is 9.40. The SMILES string of the molecule is CC1(C)CCC[C@]2(C)[C@H]3CCC4=CC(=O)O[C@@H]4[C@@]3(C)C(=O)C[C@@H]12. The Kier molecular flexibility index (Phi) is 3.01. The molecule has 1 aliphatic heterocycles. The van der Waals surface area contributed by atoms with Crippen molar-refractivity contribution in [2.45, 2.75) is 72.3 Å². The van der Waals surface area contributed by atoms with E-state index < -0.39 is 5.41 Å². The van der Waals surface area contributed by atoms with Crippen LogP contribution in [0.2, 0.25) is 0 Å². The van der Waals surface area contributed by atoms with E-state index in [4.69, 9.17) is 4.74 Å². The van der Waals surface area contributed by atoms with Gasteiger partial charge in [0.2, 0.25) is 0 Å². The maximum absolute atomic E-state index is 13.3. The molecule has 3 nitrogen and oxygen atoms in total. The third kappa shape index (κ3) is 1.82. The van der Waals surface area contributed by atoms with Gasteiger partial charge < -0.3 is 4.74 Å². The van der Waals surface area contributed by atoms with Crippen LogP contribution in [0.25, 0.3) is 0 Å². The van der Waals surface area contributed by atoms with Crippen LogP contribution in [0.3, 0.4) is 0 Å². The third-order valence-electron chi connectivity index (χ3n) is 7.93. The number of esters is 1. The largest absolute Gasteiger partial charge is 0.454 e. The van der Waals surface area contributed by atoms with Crippen molar-refractivity contribution in [1.29, 1.82) is 0 Å². The van der Waals surface area contributed by atoms with Crippen LogP contribution < -0.4 is 0 Å². The predicted molar refractivity (Wildman–Crippen MR) is 87.6 cm³/mol. The average Bonchev–Trinajstić information content (AvgIpc) is 2.83. The third-order valence-corrected chi connectivity index (χ3v) is 7.93. The van der Waals surface area contributed by atoms with E-state index in [0.29, 0.717) is 24.0 Å². The molecule has 23 heavy (non-hydrogen) atoms. The fourth-order valence-corrected chi connectivity index (χ4v) is 6.81. The maximum Gasteiger partial charge on any atom is 0.331 e. The van der Waals surface area contributed by atoms with Crippen molar-refractivity contribution < 1.29 is 14.3 Å². The molecule has 3 fully saturated rings. The van der Waals surface area contributed by atoms with Crippen molar-refractivity contribution in [3.8, 4) is 0 Å². The predicted octanol–water partition coefficient (Wildman–Crippen LogP) is 4.06. The van der Waals surface area contributed by atoms with Crippen LogP contribution in [0.15, 0.2) is 11.6 Å². The first-order chi connectivity index (χ1) is 10.7. The number of hydrogen-bond acceptors (Lipinski definition) is 3. The van der Waals surface area contributed by atoms with Gasteiger partial charge in [0.15, 0.2) is 0 Å². The molecule has 4 rings (SSSR count). The van der Waals surface area contributed by atoms with E-state index in [-0.39, 0.29) is 22.9 Å². The van der Waals surface area contributed by atoms with Crippen molar-refractivity contribution in [2.75, 3.05) is 0 Å². The number of carbonyl (C=O) groups excluding carboxylic acids is 2. The van der Waals surface area contributed by atoms with Gasteiger partial charge in [-0.3, -0.25) is 4.79 Å². The van der Waals surface area contributed by atoms with Crippen LogP contribution in [0.5, 0.6) is 0 Å². The van der Waals surface area contributed by atoms with Crippen LogP contribution in [-0.2, 0) is 14.3 Å². The highest BCUT2D eigenvalue weighted by Crippen LogP contribution is 2.67. The van der Waals surface area contributed by atoms with Gasteiger partial charge in [0.1, 0.15) is 11.9 Å². The molecule has 0 N–H and O–H groups in total. The van der Waals surface area contributed by atoms with Crippen molar-refractivity contribution in [1.82, 2.24) is 0 Å². The lowest BCUT2D eigenvalue weighted by molar-refractivity contribution is -0.186. The second-order valence-electron chi connectivity index (χ2n) is 9.44. The molecular weight excluding hydrogens is 288 g/mol. The Morgan fingerprint density at radius 3 is 2.57 bits per heavy atom. The topological polar surface area (TPSA) is 43.4 Å². The molecule has 3 saturated carbocycles. The lowest BCUT2D eigenvalue weighted by Gasteiger charge is -2.63. The van der Waals surface area contributed by atoms with Crippen molar-refractivity contribution in [2.24, 2.45) is 28.1 Å². The molecule has 0 aromatic heterocycles. The summed E-state index contributed by atoms with van der Waals surface area (Å²) in [6, 6.07) is 0. The second-order valence-corrected chi connectivity index (χ2v) is 9.44. The van der Waals surface area contributed by atoms with E-state index in [9.17, 15) is 9.59 Å². The molecule has 0 saturated heterocycles. The number of rotatable bonds is 0. The first-order valence-corrected chi connectivity index (χ1v) is 9.14. The van der Waals surface area contributed by atoms with Crippen molar-refractivity contribution >= 4 is 11.8 Å². The van der Waals surface area contributed by atoms with Crippen LogP contribution in [-0.4, -0.2) is 17.9 Å². The molecule has 0 aromatic rings. The molecule has 3 heteroatoms. The van der Waals surface area contributed by atoms with Crippen molar-refractivity contribution in [3.63, 3.8) is 0 Å². The van der Waals surface area contributed by atoms with Gasteiger partial charge in [0, 0.05) is 12.5 Å². The molecule has 0 unspecified atom stereocenters. The van der Waals surface area contributed by atoms with Crippen molar-refractivity contribution in [3.05, 3.63) is 11.6 Å². The number of ether oxygens (including phenoxy) is 1. The van der Waals surface area contributed by atoms with Gasteiger partial charge in [-0.2, -0.15) is 0 Å². The molecular formula is C20H28O3. The van der Waals surface area contributed by atoms with Gasteiger partial charge >= 0.3 is 5.97 Å². The summed E-state index contributed by atoms with van der Waals surface area (Å²) in [5.41, 5.74) is 0.950. The molecule has 0 bridgehead atoms. The van der Waals surface area contributed by atoms with E-state index in [1.165, 1.54) is 19.3 Å². The van der Waals surface area contributed by atoms with E-state index in [1.807, 2.05) is 0 Å². The summed E-state index contributed by atoms with van der Waals surface area (Å²) >= 11 is 0. The van der Waals surface area contributed by atoms with Gasteiger partial charge in [-0.1, -0.05) is 27.2 Å². The molecule has 126 valence electrons. The molecule has 5 atom stereocenters. The summed E-state index contributed by atoms with van der Waals surface area (Å²) in [4.78, 5) is 25.1. The highest BCUT2D eigenvalue weighted by molar-refractivity contribution is 5.92. The Morgan fingerprint density at radius 1 is 1.09 bits per heavy atom. The number of fused-ring (bicyclic) bond motifs is 5. The fraction of sp³-hybridized carbons (Fsp3) is 0.800. The standard InChI is InChI=1S/C20H28O3/c1-18(2)8-5-9-19(3)13-7-6-12-10-16(22)23-17(12)20(13,4)15(21)11-14(18)19/h10,13-14,17H,5-9,11H2,1-4H3/t13-,14+,17+,19-,20-/m1/s1. The zero-order valence-corrected chi connectivity index (χ0v) is 14.8. The molecule has 0 radical (unpaired) electrons. The van der Waals surface area contributed by atoms with Crippen LogP contribution in [0.1, 0.15) is 66.2 Å². The first kappa shape index (κ1) is 15.4.